The highest BCUT2D eigenvalue weighted by Crippen LogP contribution is 2.29. The fraction of sp³-hybridized carbons (Fsp3) is 0.190. The molecule has 0 bridgehead atoms. The highest BCUT2D eigenvalue weighted by molar-refractivity contribution is 5.86. The van der Waals surface area contributed by atoms with Crippen molar-refractivity contribution in [3.8, 4) is 6.07 Å². The van der Waals surface area contributed by atoms with E-state index in [2.05, 4.69) is 0 Å². The molecule has 10 heteroatoms. The lowest BCUT2D eigenvalue weighted by Crippen LogP contribution is -2.31. The van der Waals surface area contributed by atoms with E-state index in [-0.39, 0.29) is 35.2 Å². The highest BCUT2D eigenvalue weighted by Gasteiger charge is 2.30. The van der Waals surface area contributed by atoms with Crippen LogP contribution in [0.4, 0.5) is 23.2 Å². The Hall–Kier alpha value is -3.87. The Balaban J connectivity index is 2.15. The summed E-state index contributed by atoms with van der Waals surface area (Å²) < 4.78 is 54.5. The van der Waals surface area contributed by atoms with E-state index >= 15 is 0 Å². The number of halogens is 4. The first kappa shape index (κ1) is 21.8. The van der Waals surface area contributed by atoms with Crippen LogP contribution in [0.25, 0.3) is 10.9 Å². The van der Waals surface area contributed by atoms with E-state index in [1.807, 2.05) is 0 Å². The molecule has 0 unspecified atom stereocenters. The molecule has 0 saturated carbocycles. The molecule has 0 fully saturated rings. The molecule has 3 rings (SSSR count). The quantitative estimate of drug-likeness (QED) is 0.628. The zero-order valence-electron chi connectivity index (χ0n) is 16.2. The van der Waals surface area contributed by atoms with Crippen molar-refractivity contribution in [1.29, 1.82) is 5.26 Å². The minimum Gasteiger partial charge on any atom is -0.368 e. The average Bonchev–Trinajstić information content (AvgIpc) is 2.69. The molecular weight excluding hydrogens is 416 g/mol. The highest BCUT2D eigenvalue weighted by atomic mass is 19.4. The maximum absolute atomic E-state index is 14.6. The van der Waals surface area contributed by atoms with Gasteiger partial charge in [-0.05, 0) is 29.8 Å². The van der Waals surface area contributed by atoms with Crippen LogP contribution in [0.1, 0.15) is 16.7 Å². The van der Waals surface area contributed by atoms with Crippen LogP contribution in [-0.4, -0.2) is 24.1 Å². The Morgan fingerprint density at radius 3 is 2.42 bits per heavy atom. The first-order chi connectivity index (χ1) is 14.5. The zero-order chi connectivity index (χ0) is 22.9. The molecule has 0 aliphatic heterocycles. The molecule has 0 saturated heterocycles. The topological polar surface area (TPSA) is 92.1 Å². The van der Waals surface area contributed by atoms with Crippen molar-refractivity contribution in [2.75, 3.05) is 18.5 Å². The van der Waals surface area contributed by atoms with Crippen molar-refractivity contribution in [3.63, 3.8) is 0 Å². The molecule has 0 aliphatic carbocycles. The standard InChI is InChI=1S/C21H16F4N4O2/c1-28(11-19(27)30)18-7-17-15(6-16(18)22)20(31)13(8-26)10-29(17)9-12-2-4-14(5-3-12)21(23,24)25/h2-7,10H,9,11H2,1H3,(H2,27,30). The van der Waals surface area contributed by atoms with Crippen LogP contribution < -0.4 is 16.1 Å². The summed E-state index contributed by atoms with van der Waals surface area (Å²) in [4.78, 5) is 25.0. The first-order valence-corrected chi connectivity index (χ1v) is 8.93. The number of carbonyl (C=O) groups is 1. The molecule has 0 aliphatic rings. The Labute approximate surface area is 173 Å². The van der Waals surface area contributed by atoms with Crippen LogP contribution in [0.2, 0.25) is 0 Å². The maximum Gasteiger partial charge on any atom is 0.416 e. The number of nitrogens with two attached hydrogens (primary N) is 1. The van der Waals surface area contributed by atoms with Gasteiger partial charge in [-0.25, -0.2) is 4.39 Å². The number of alkyl halides is 3. The third-order valence-corrected chi connectivity index (χ3v) is 4.71. The zero-order valence-corrected chi connectivity index (χ0v) is 16.2. The minimum absolute atomic E-state index is 0.00317. The Bertz CT molecular complexity index is 1260. The number of likely N-dealkylation sites (N-methyl/N-ethyl adjacent to an activating group) is 1. The molecule has 31 heavy (non-hydrogen) atoms. The Morgan fingerprint density at radius 2 is 1.87 bits per heavy atom. The van der Waals surface area contributed by atoms with E-state index in [9.17, 15) is 32.4 Å². The van der Waals surface area contributed by atoms with E-state index in [4.69, 9.17) is 5.73 Å². The largest absolute Gasteiger partial charge is 0.416 e. The normalized spacial score (nSPS) is 11.4. The molecule has 1 aromatic heterocycles. The van der Waals surface area contributed by atoms with Gasteiger partial charge in [-0.3, -0.25) is 9.59 Å². The second-order valence-electron chi connectivity index (χ2n) is 6.95. The van der Waals surface area contributed by atoms with Gasteiger partial charge in [-0.1, -0.05) is 12.1 Å². The lowest BCUT2D eigenvalue weighted by molar-refractivity contribution is -0.137. The van der Waals surface area contributed by atoms with Crippen molar-refractivity contribution in [1.82, 2.24) is 4.57 Å². The number of anilines is 1. The van der Waals surface area contributed by atoms with Crippen LogP contribution in [-0.2, 0) is 17.5 Å². The number of amides is 1. The number of nitriles is 1. The SMILES string of the molecule is CN(CC(N)=O)c1cc2c(cc1F)c(=O)c(C#N)cn2Cc1ccc(C(F)(F)F)cc1. The average molecular weight is 432 g/mol. The Kier molecular flexibility index (Phi) is 5.71. The number of carbonyl (C=O) groups excluding carboxylic acids is 1. The monoisotopic (exact) mass is 432 g/mol. The molecule has 160 valence electrons. The van der Waals surface area contributed by atoms with Gasteiger partial charge in [0, 0.05) is 19.8 Å². The van der Waals surface area contributed by atoms with Crippen LogP contribution in [0.3, 0.4) is 0 Å². The molecule has 1 heterocycles. The fourth-order valence-corrected chi connectivity index (χ4v) is 3.22. The maximum atomic E-state index is 14.6. The molecule has 2 N–H and O–H groups in total. The smallest absolute Gasteiger partial charge is 0.368 e. The van der Waals surface area contributed by atoms with Gasteiger partial charge < -0.3 is 15.2 Å². The summed E-state index contributed by atoms with van der Waals surface area (Å²) in [5, 5.41) is 9.19. The van der Waals surface area contributed by atoms with Crippen LogP contribution in [0.5, 0.6) is 0 Å². The lowest BCUT2D eigenvalue weighted by atomic mass is 10.1. The summed E-state index contributed by atoms with van der Waals surface area (Å²) in [5.74, 6) is -1.48. The van der Waals surface area contributed by atoms with Gasteiger partial charge in [0.05, 0.1) is 28.7 Å². The van der Waals surface area contributed by atoms with Crippen molar-refractivity contribution < 1.29 is 22.4 Å². The van der Waals surface area contributed by atoms with Gasteiger partial charge in [0.15, 0.2) is 0 Å². The summed E-state index contributed by atoms with van der Waals surface area (Å²) in [7, 11) is 1.44. The van der Waals surface area contributed by atoms with E-state index in [0.717, 1.165) is 18.2 Å². The number of aromatic nitrogens is 1. The first-order valence-electron chi connectivity index (χ1n) is 8.93. The Morgan fingerprint density at radius 1 is 1.23 bits per heavy atom. The molecule has 3 aromatic rings. The number of pyridine rings is 1. The summed E-state index contributed by atoms with van der Waals surface area (Å²) in [6.07, 6.45) is -3.22. The third kappa shape index (κ3) is 4.50. The number of hydrogen-bond donors (Lipinski definition) is 1. The molecule has 0 radical (unpaired) electrons. The molecule has 0 atom stereocenters. The number of primary amides is 1. The predicted molar refractivity (Wildman–Crippen MR) is 106 cm³/mol. The number of hydrogen-bond acceptors (Lipinski definition) is 4. The van der Waals surface area contributed by atoms with Gasteiger partial charge >= 0.3 is 6.18 Å². The van der Waals surface area contributed by atoms with Gasteiger partial charge in [0.2, 0.25) is 11.3 Å². The fourth-order valence-electron chi connectivity index (χ4n) is 3.22. The molecule has 1 amide bonds. The molecular formula is C21H16F4N4O2. The van der Waals surface area contributed by atoms with Crippen molar-refractivity contribution in [3.05, 3.63) is 75.3 Å². The summed E-state index contributed by atoms with van der Waals surface area (Å²) in [5.41, 5.74) is 4.15. The number of fused-ring (bicyclic) bond motifs is 1. The van der Waals surface area contributed by atoms with E-state index in [1.165, 1.54) is 40.9 Å². The minimum atomic E-state index is -4.48. The van der Waals surface area contributed by atoms with E-state index in [1.54, 1.807) is 6.07 Å². The van der Waals surface area contributed by atoms with Crippen LogP contribution in [0, 0.1) is 17.1 Å². The van der Waals surface area contributed by atoms with Crippen LogP contribution in [0.15, 0.2) is 47.4 Å². The number of benzene rings is 2. The van der Waals surface area contributed by atoms with Gasteiger partial charge in [-0.2, -0.15) is 18.4 Å². The summed E-state index contributed by atoms with van der Waals surface area (Å²) >= 11 is 0. The van der Waals surface area contributed by atoms with Crippen LogP contribution >= 0.6 is 0 Å². The van der Waals surface area contributed by atoms with Crippen molar-refractivity contribution in [2.24, 2.45) is 5.73 Å². The number of rotatable bonds is 5. The molecule has 0 spiro atoms. The third-order valence-electron chi connectivity index (χ3n) is 4.71. The second-order valence-corrected chi connectivity index (χ2v) is 6.95. The number of nitrogens with zero attached hydrogens (tertiary/aromatic N) is 3. The molecule has 6 nitrogen and oxygen atoms in total. The second kappa shape index (κ2) is 8.10. The van der Waals surface area contributed by atoms with Gasteiger partial charge in [0.25, 0.3) is 0 Å². The van der Waals surface area contributed by atoms with Crippen molar-refractivity contribution >= 4 is 22.5 Å². The van der Waals surface area contributed by atoms with Gasteiger partial charge in [-0.15, -0.1) is 0 Å². The van der Waals surface area contributed by atoms with E-state index in [0.29, 0.717) is 5.56 Å². The predicted octanol–water partition coefficient (Wildman–Crippen LogP) is 3.00. The van der Waals surface area contributed by atoms with Crippen molar-refractivity contribution in [2.45, 2.75) is 12.7 Å². The summed E-state index contributed by atoms with van der Waals surface area (Å²) in [6.45, 7) is -0.254. The summed E-state index contributed by atoms with van der Waals surface area (Å²) in [6, 6.07) is 8.47. The van der Waals surface area contributed by atoms with E-state index < -0.39 is 28.9 Å². The van der Waals surface area contributed by atoms with Gasteiger partial charge in [0.1, 0.15) is 17.4 Å². The lowest BCUT2D eigenvalue weighted by Gasteiger charge is -2.20. The molecule has 2 aromatic carbocycles.